The largest absolute Gasteiger partial charge is 0.452 e. The summed E-state index contributed by atoms with van der Waals surface area (Å²) in [4.78, 5) is 47.7. The molecule has 8 nitrogen and oxygen atoms in total. The van der Waals surface area contributed by atoms with E-state index in [2.05, 4.69) is 16.2 Å². The highest BCUT2D eigenvalue weighted by molar-refractivity contribution is 5.95. The normalized spacial score (nSPS) is 12.2. The van der Waals surface area contributed by atoms with Gasteiger partial charge >= 0.3 is 5.97 Å². The molecule has 0 aliphatic rings. The van der Waals surface area contributed by atoms with E-state index in [9.17, 15) is 19.2 Å². The van der Waals surface area contributed by atoms with Crippen LogP contribution in [0.1, 0.15) is 42.2 Å². The summed E-state index contributed by atoms with van der Waals surface area (Å²) < 4.78 is 5.13. The molecular weight excluding hydrogens is 374 g/mol. The van der Waals surface area contributed by atoms with Gasteiger partial charge in [-0.05, 0) is 24.6 Å². The molecule has 2 atom stereocenters. The van der Waals surface area contributed by atoms with Crippen molar-refractivity contribution >= 4 is 23.7 Å². The molecule has 0 aromatic heterocycles. The average molecular weight is 397 g/mol. The predicted octanol–water partition coefficient (Wildman–Crippen LogP) is 1.65. The molecule has 0 heterocycles. The van der Waals surface area contributed by atoms with E-state index in [-0.39, 0.29) is 12.3 Å². The lowest BCUT2D eigenvalue weighted by atomic mass is 10.0. The molecule has 29 heavy (non-hydrogen) atoms. The Morgan fingerprint density at radius 3 is 2.07 bits per heavy atom. The first-order valence-electron chi connectivity index (χ1n) is 9.03. The zero-order valence-electron chi connectivity index (χ0n) is 16.2. The fraction of sp³-hybridized carbons (Fsp3) is 0.238. The molecule has 152 valence electrons. The molecule has 2 aromatic carbocycles. The summed E-state index contributed by atoms with van der Waals surface area (Å²) in [5.74, 6) is -2.13. The molecule has 0 saturated heterocycles. The number of hydrogen-bond donors (Lipinski definition) is 3. The van der Waals surface area contributed by atoms with Crippen LogP contribution < -0.4 is 16.2 Å². The summed E-state index contributed by atoms with van der Waals surface area (Å²) >= 11 is 0. The smallest absolute Gasteiger partial charge is 0.309 e. The highest BCUT2D eigenvalue weighted by Crippen LogP contribution is 2.17. The van der Waals surface area contributed by atoms with Crippen LogP contribution >= 0.6 is 0 Å². The highest BCUT2D eigenvalue weighted by atomic mass is 16.5. The van der Waals surface area contributed by atoms with Gasteiger partial charge in [0.2, 0.25) is 5.91 Å². The molecule has 0 saturated carbocycles. The number of rotatable bonds is 7. The number of hydrazine groups is 1. The Bertz CT molecular complexity index is 855. The first-order chi connectivity index (χ1) is 13.9. The first-order valence-corrected chi connectivity index (χ1v) is 9.03. The summed E-state index contributed by atoms with van der Waals surface area (Å²) in [6.45, 7) is 2.74. The lowest BCUT2D eigenvalue weighted by molar-refractivity contribution is -0.155. The summed E-state index contributed by atoms with van der Waals surface area (Å²) in [6, 6.07) is 16.7. The number of carbonyl (C=O) groups is 4. The number of hydrogen-bond acceptors (Lipinski definition) is 5. The SMILES string of the molecule is CC(=O)N[C@@H](CC(=O)O[C@@H](C)C(=O)NNC(=O)c1ccccc1)c1ccccc1. The molecule has 0 fully saturated rings. The van der Waals surface area contributed by atoms with Gasteiger partial charge in [-0.1, -0.05) is 48.5 Å². The van der Waals surface area contributed by atoms with E-state index >= 15 is 0 Å². The van der Waals surface area contributed by atoms with Crippen LogP contribution in [0.3, 0.4) is 0 Å². The van der Waals surface area contributed by atoms with Crippen molar-refractivity contribution in [2.24, 2.45) is 0 Å². The summed E-state index contributed by atoms with van der Waals surface area (Å²) in [6.07, 6.45) is -1.27. The zero-order chi connectivity index (χ0) is 21.2. The Kier molecular flexibility index (Phi) is 7.90. The maximum Gasteiger partial charge on any atom is 0.309 e. The van der Waals surface area contributed by atoms with Crippen LogP contribution in [0.2, 0.25) is 0 Å². The third kappa shape index (κ3) is 7.10. The van der Waals surface area contributed by atoms with Crippen LogP contribution in [0.25, 0.3) is 0 Å². The van der Waals surface area contributed by atoms with Crippen molar-refractivity contribution in [3.63, 3.8) is 0 Å². The molecule has 2 aromatic rings. The van der Waals surface area contributed by atoms with Gasteiger partial charge in [0.15, 0.2) is 6.10 Å². The van der Waals surface area contributed by atoms with E-state index in [4.69, 9.17) is 4.74 Å². The third-order valence-corrected chi connectivity index (χ3v) is 3.96. The minimum atomic E-state index is -1.13. The Morgan fingerprint density at radius 2 is 1.48 bits per heavy atom. The first kappa shape index (κ1) is 21.6. The van der Waals surface area contributed by atoms with Gasteiger partial charge < -0.3 is 10.1 Å². The van der Waals surface area contributed by atoms with Crippen LogP contribution in [0, 0.1) is 0 Å². The summed E-state index contributed by atoms with van der Waals surface area (Å²) in [5.41, 5.74) is 5.59. The molecule has 0 aliphatic carbocycles. The lowest BCUT2D eigenvalue weighted by Gasteiger charge is -2.19. The van der Waals surface area contributed by atoms with Crippen LogP contribution in [-0.4, -0.2) is 29.8 Å². The second-order valence-electron chi connectivity index (χ2n) is 6.31. The van der Waals surface area contributed by atoms with E-state index in [1.165, 1.54) is 13.8 Å². The minimum Gasteiger partial charge on any atom is -0.452 e. The number of amides is 3. The molecule has 3 N–H and O–H groups in total. The summed E-state index contributed by atoms with van der Waals surface area (Å²) in [5, 5.41) is 2.69. The maximum atomic E-state index is 12.2. The van der Waals surface area contributed by atoms with E-state index in [0.29, 0.717) is 5.56 Å². The second kappa shape index (κ2) is 10.6. The third-order valence-electron chi connectivity index (χ3n) is 3.96. The summed E-state index contributed by atoms with van der Waals surface area (Å²) in [7, 11) is 0. The van der Waals surface area contributed by atoms with Crippen LogP contribution in [0.4, 0.5) is 0 Å². The van der Waals surface area contributed by atoms with Crippen molar-refractivity contribution in [1.82, 2.24) is 16.2 Å². The minimum absolute atomic E-state index is 0.141. The molecular formula is C21H23N3O5. The number of ether oxygens (including phenoxy) is 1. The molecule has 0 aliphatic heterocycles. The Hall–Kier alpha value is -3.68. The Morgan fingerprint density at radius 1 is 0.897 bits per heavy atom. The highest BCUT2D eigenvalue weighted by Gasteiger charge is 2.22. The molecule has 0 spiro atoms. The maximum absolute atomic E-state index is 12.2. The van der Waals surface area contributed by atoms with Gasteiger partial charge in [0.1, 0.15) is 0 Å². The van der Waals surface area contributed by atoms with E-state index in [0.717, 1.165) is 5.56 Å². The Labute approximate surface area is 168 Å². The van der Waals surface area contributed by atoms with Gasteiger partial charge in [0.05, 0.1) is 12.5 Å². The van der Waals surface area contributed by atoms with Crippen molar-refractivity contribution in [3.05, 3.63) is 71.8 Å². The monoisotopic (exact) mass is 397 g/mol. The van der Waals surface area contributed by atoms with Crippen molar-refractivity contribution in [2.45, 2.75) is 32.4 Å². The average Bonchev–Trinajstić information content (AvgIpc) is 2.72. The lowest BCUT2D eigenvalue weighted by Crippen LogP contribution is -2.46. The topological polar surface area (TPSA) is 114 Å². The van der Waals surface area contributed by atoms with Gasteiger partial charge in [-0.3, -0.25) is 30.0 Å². The molecule has 8 heteroatoms. The van der Waals surface area contributed by atoms with Gasteiger partial charge in [-0.2, -0.15) is 0 Å². The number of nitrogens with one attached hydrogen (secondary N) is 3. The number of benzene rings is 2. The van der Waals surface area contributed by atoms with Gasteiger partial charge in [0, 0.05) is 12.5 Å². The molecule has 0 bridgehead atoms. The van der Waals surface area contributed by atoms with Gasteiger partial charge in [-0.25, -0.2) is 0 Å². The number of carbonyl (C=O) groups excluding carboxylic acids is 4. The van der Waals surface area contributed by atoms with Gasteiger partial charge in [0.25, 0.3) is 11.8 Å². The van der Waals surface area contributed by atoms with Crippen molar-refractivity contribution in [3.8, 4) is 0 Å². The van der Waals surface area contributed by atoms with Crippen LogP contribution in [0.5, 0.6) is 0 Å². The van der Waals surface area contributed by atoms with Crippen molar-refractivity contribution in [2.75, 3.05) is 0 Å². The van der Waals surface area contributed by atoms with E-state index in [1.807, 2.05) is 6.07 Å². The standard InChI is InChI=1S/C21H23N3O5/c1-14(20(27)23-24-21(28)17-11-7-4-8-12-17)29-19(26)13-18(22-15(2)25)16-9-5-3-6-10-16/h3-12,14,18H,13H2,1-2H3,(H,22,25)(H,23,27)(H,24,28)/t14-,18-/m0/s1. The fourth-order valence-electron chi connectivity index (χ4n) is 2.53. The molecule has 3 amide bonds. The van der Waals surface area contributed by atoms with Crippen LogP contribution in [0.15, 0.2) is 60.7 Å². The second-order valence-corrected chi connectivity index (χ2v) is 6.31. The Balaban J connectivity index is 1.87. The molecule has 0 unspecified atom stereocenters. The van der Waals surface area contributed by atoms with Crippen molar-refractivity contribution in [1.29, 1.82) is 0 Å². The van der Waals surface area contributed by atoms with E-state index < -0.39 is 29.9 Å². The van der Waals surface area contributed by atoms with Crippen molar-refractivity contribution < 1.29 is 23.9 Å². The van der Waals surface area contributed by atoms with Gasteiger partial charge in [-0.15, -0.1) is 0 Å². The zero-order valence-corrected chi connectivity index (χ0v) is 16.2. The quantitative estimate of drug-likeness (QED) is 0.486. The number of esters is 1. The molecule has 2 rings (SSSR count). The van der Waals surface area contributed by atoms with Crippen LogP contribution in [-0.2, 0) is 19.1 Å². The van der Waals surface area contributed by atoms with E-state index in [1.54, 1.807) is 54.6 Å². The fourth-order valence-corrected chi connectivity index (χ4v) is 2.53. The predicted molar refractivity (Wildman–Crippen MR) is 105 cm³/mol. The molecule has 0 radical (unpaired) electrons.